The Labute approximate surface area is 123 Å². The molecule has 2 unspecified atom stereocenters. The van der Waals surface area contributed by atoms with Crippen LogP contribution in [0.2, 0.25) is 0 Å². The molecule has 0 bridgehead atoms. The minimum Gasteiger partial charge on any atom is -0.480 e. The number of thiazole rings is 1. The molecule has 0 spiro atoms. The second-order valence-corrected chi connectivity index (χ2v) is 6.45. The van der Waals surface area contributed by atoms with Gasteiger partial charge in [-0.2, -0.15) is 0 Å². The molecule has 1 amide bonds. The predicted molar refractivity (Wildman–Crippen MR) is 79.0 cm³/mol. The summed E-state index contributed by atoms with van der Waals surface area (Å²) in [5, 5.41) is 14.5. The largest absolute Gasteiger partial charge is 0.480 e. The van der Waals surface area contributed by atoms with E-state index in [0.29, 0.717) is 11.6 Å². The van der Waals surface area contributed by atoms with Crippen molar-refractivity contribution in [2.24, 2.45) is 5.92 Å². The quantitative estimate of drug-likeness (QED) is 0.846. The number of aromatic nitrogens is 1. The van der Waals surface area contributed by atoms with Gasteiger partial charge in [0.2, 0.25) is 5.91 Å². The minimum atomic E-state index is -1.01. The minimum absolute atomic E-state index is 0.162. The monoisotopic (exact) mass is 298 g/mol. The molecular weight excluding hydrogens is 276 g/mol. The van der Waals surface area contributed by atoms with Crippen molar-refractivity contribution in [3.63, 3.8) is 0 Å². The molecule has 0 radical (unpaired) electrons. The lowest BCUT2D eigenvalue weighted by atomic mass is 10.0. The first kappa shape index (κ1) is 16.6. The van der Waals surface area contributed by atoms with Crippen LogP contribution in [0.4, 0.5) is 0 Å². The summed E-state index contributed by atoms with van der Waals surface area (Å²) in [7, 11) is 0. The standard InChI is InChI=1S/C14H22N2O3S/c1-7(2)11(14(18)19)16-12(17)9(5)10-6-20-13(15-10)8(3)4/h6-9,11H,1-5H3,(H,16,17)(H,18,19). The Bertz CT molecular complexity index is 483. The number of carboxylic acid groups (broad SMARTS) is 1. The molecule has 0 fully saturated rings. The zero-order valence-electron chi connectivity index (χ0n) is 12.5. The lowest BCUT2D eigenvalue weighted by Gasteiger charge is -2.19. The van der Waals surface area contributed by atoms with Gasteiger partial charge in [0.05, 0.1) is 16.6 Å². The summed E-state index contributed by atoms with van der Waals surface area (Å²) < 4.78 is 0. The first-order valence-electron chi connectivity index (χ1n) is 6.72. The average molecular weight is 298 g/mol. The maximum absolute atomic E-state index is 12.1. The molecule has 2 N–H and O–H groups in total. The molecule has 0 aliphatic heterocycles. The van der Waals surface area contributed by atoms with Gasteiger partial charge in [-0.1, -0.05) is 27.7 Å². The van der Waals surface area contributed by atoms with Gasteiger partial charge in [0.25, 0.3) is 0 Å². The van der Waals surface area contributed by atoms with E-state index in [-0.39, 0.29) is 11.8 Å². The number of carbonyl (C=O) groups excluding carboxylic acids is 1. The third-order valence-electron chi connectivity index (χ3n) is 3.10. The smallest absolute Gasteiger partial charge is 0.326 e. The van der Waals surface area contributed by atoms with E-state index >= 15 is 0 Å². The van der Waals surface area contributed by atoms with Crippen LogP contribution < -0.4 is 5.32 Å². The van der Waals surface area contributed by atoms with Crippen molar-refractivity contribution < 1.29 is 14.7 Å². The number of hydrogen-bond acceptors (Lipinski definition) is 4. The molecule has 2 atom stereocenters. The molecule has 0 aromatic carbocycles. The van der Waals surface area contributed by atoms with Crippen LogP contribution in [0.1, 0.15) is 57.2 Å². The van der Waals surface area contributed by atoms with E-state index in [9.17, 15) is 9.59 Å². The Morgan fingerprint density at radius 1 is 1.25 bits per heavy atom. The Morgan fingerprint density at radius 3 is 2.25 bits per heavy atom. The van der Waals surface area contributed by atoms with Crippen LogP contribution in [0.5, 0.6) is 0 Å². The molecule has 20 heavy (non-hydrogen) atoms. The highest BCUT2D eigenvalue weighted by atomic mass is 32.1. The van der Waals surface area contributed by atoms with E-state index in [0.717, 1.165) is 5.01 Å². The lowest BCUT2D eigenvalue weighted by molar-refractivity contribution is -0.143. The van der Waals surface area contributed by atoms with Crippen molar-refractivity contribution in [3.05, 3.63) is 16.1 Å². The molecule has 1 rings (SSSR count). The van der Waals surface area contributed by atoms with Crippen LogP contribution in [0, 0.1) is 5.92 Å². The normalized spacial score (nSPS) is 14.3. The summed E-state index contributed by atoms with van der Waals surface area (Å²) in [5.41, 5.74) is 0.698. The number of nitrogens with zero attached hydrogens (tertiary/aromatic N) is 1. The van der Waals surface area contributed by atoms with Gasteiger partial charge in [0, 0.05) is 11.3 Å². The molecular formula is C14H22N2O3S. The second kappa shape index (κ2) is 6.83. The van der Waals surface area contributed by atoms with Crippen molar-refractivity contribution in [2.45, 2.75) is 52.5 Å². The third-order valence-corrected chi connectivity index (χ3v) is 4.26. The van der Waals surface area contributed by atoms with E-state index in [2.05, 4.69) is 10.3 Å². The second-order valence-electron chi connectivity index (χ2n) is 5.56. The topological polar surface area (TPSA) is 79.3 Å². The highest BCUT2D eigenvalue weighted by Crippen LogP contribution is 2.24. The number of nitrogens with one attached hydrogen (secondary N) is 1. The molecule has 6 heteroatoms. The summed E-state index contributed by atoms with van der Waals surface area (Å²) in [6, 6.07) is -0.867. The number of hydrogen-bond donors (Lipinski definition) is 2. The number of carboxylic acids is 1. The van der Waals surface area contributed by atoms with Crippen molar-refractivity contribution in [1.82, 2.24) is 10.3 Å². The molecule has 0 saturated heterocycles. The van der Waals surface area contributed by atoms with Crippen LogP contribution in [-0.4, -0.2) is 28.0 Å². The number of carbonyl (C=O) groups is 2. The summed E-state index contributed by atoms with van der Waals surface area (Å²) in [5.74, 6) is -1.59. The van der Waals surface area contributed by atoms with Crippen molar-refractivity contribution >= 4 is 23.2 Å². The number of rotatable bonds is 6. The highest BCUT2D eigenvalue weighted by Gasteiger charge is 2.27. The predicted octanol–water partition coefficient (Wildman–Crippen LogP) is 2.60. The fourth-order valence-electron chi connectivity index (χ4n) is 1.69. The molecule has 1 aromatic rings. The van der Waals surface area contributed by atoms with Crippen LogP contribution in [-0.2, 0) is 9.59 Å². The Balaban J connectivity index is 2.77. The maximum Gasteiger partial charge on any atom is 0.326 e. The van der Waals surface area contributed by atoms with Crippen LogP contribution in [0.25, 0.3) is 0 Å². The zero-order chi connectivity index (χ0) is 15.4. The van der Waals surface area contributed by atoms with Crippen LogP contribution >= 0.6 is 11.3 Å². The van der Waals surface area contributed by atoms with Crippen molar-refractivity contribution in [2.75, 3.05) is 0 Å². The first-order valence-corrected chi connectivity index (χ1v) is 7.60. The van der Waals surface area contributed by atoms with Gasteiger partial charge in [0.15, 0.2) is 0 Å². The van der Waals surface area contributed by atoms with E-state index in [1.807, 2.05) is 19.2 Å². The zero-order valence-corrected chi connectivity index (χ0v) is 13.3. The van der Waals surface area contributed by atoms with E-state index in [1.54, 1.807) is 20.8 Å². The van der Waals surface area contributed by atoms with Gasteiger partial charge in [0.1, 0.15) is 6.04 Å². The number of aliphatic carboxylic acids is 1. The van der Waals surface area contributed by atoms with Crippen LogP contribution in [0.3, 0.4) is 0 Å². The SMILES string of the molecule is CC(C)c1nc(C(C)C(=O)NC(C(=O)O)C(C)C)cs1. The van der Waals surface area contributed by atoms with Crippen molar-refractivity contribution in [1.29, 1.82) is 0 Å². The molecule has 5 nitrogen and oxygen atoms in total. The first-order chi connectivity index (χ1) is 9.23. The van der Waals surface area contributed by atoms with E-state index in [1.165, 1.54) is 11.3 Å². The molecule has 0 aliphatic carbocycles. The summed E-state index contributed by atoms with van der Waals surface area (Å²) >= 11 is 1.53. The lowest BCUT2D eigenvalue weighted by Crippen LogP contribution is -2.45. The van der Waals surface area contributed by atoms with E-state index < -0.39 is 17.9 Å². The molecule has 0 aliphatic rings. The molecule has 1 heterocycles. The highest BCUT2D eigenvalue weighted by molar-refractivity contribution is 7.09. The summed E-state index contributed by atoms with van der Waals surface area (Å²) in [4.78, 5) is 27.7. The van der Waals surface area contributed by atoms with Gasteiger partial charge in [-0.3, -0.25) is 4.79 Å². The Kier molecular flexibility index (Phi) is 5.68. The summed E-state index contributed by atoms with van der Waals surface area (Å²) in [6.07, 6.45) is 0. The van der Waals surface area contributed by atoms with Gasteiger partial charge in [-0.15, -0.1) is 11.3 Å². The number of amides is 1. The molecule has 0 saturated carbocycles. The Morgan fingerprint density at radius 2 is 1.85 bits per heavy atom. The fraction of sp³-hybridized carbons (Fsp3) is 0.643. The van der Waals surface area contributed by atoms with Gasteiger partial charge >= 0.3 is 5.97 Å². The summed E-state index contributed by atoms with van der Waals surface area (Å²) in [6.45, 7) is 9.37. The van der Waals surface area contributed by atoms with Gasteiger partial charge < -0.3 is 10.4 Å². The van der Waals surface area contributed by atoms with Gasteiger partial charge in [-0.25, -0.2) is 9.78 Å². The molecule has 1 aromatic heterocycles. The van der Waals surface area contributed by atoms with Crippen LogP contribution in [0.15, 0.2) is 5.38 Å². The van der Waals surface area contributed by atoms with Crippen molar-refractivity contribution in [3.8, 4) is 0 Å². The molecule has 112 valence electrons. The fourth-order valence-corrected chi connectivity index (χ4v) is 2.62. The van der Waals surface area contributed by atoms with Gasteiger partial charge in [-0.05, 0) is 12.8 Å². The maximum atomic E-state index is 12.1. The van der Waals surface area contributed by atoms with E-state index in [4.69, 9.17) is 5.11 Å². The third kappa shape index (κ3) is 4.03. The Hall–Kier alpha value is -1.43. The average Bonchev–Trinajstić information content (AvgIpc) is 2.83.